The fourth-order valence-corrected chi connectivity index (χ4v) is 2.13. The molecule has 0 bridgehead atoms. The lowest BCUT2D eigenvalue weighted by Crippen LogP contribution is -2.02. The second-order valence-electron chi connectivity index (χ2n) is 4.08. The second kappa shape index (κ2) is 6.49. The fourth-order valence-electron chi connectivity index (χ4n) is 1.81. The average Bonchev–Trinajstić information content (AvgIpc) is 2.48. The summed E-state index contributed by atoms with van der Waals surface area (Å²) < 4.78 is 6.33. The van der Waals surface area contributed by atoms with E-state index in [1.807, 2.05) is 6.92 Å². The van der Waals surface area contributed by atoms with Crippen molar-refractivity contribution in [2.45, 2.75) is 13.3 Å². The molecular weight excluding hydrogens is 340 g/mol. The Bertz CT molecular complexity index is 678. The zero-order chi connectivity index (χ0) is 15.4. The first kappa shape index (κ1) is 15.2. The van der Waals surface area contributed by atoms with Gasteiger partial charge in [-0.3, -0.25) is 10.1 Å². The van der Waals surface area contributed by atoms with Crippen LogP contribution in [0.25, 0.3) is 0 Å². The lowest BCUT2D eigenvalue weighted by molar-refractivity contribution is -0.384. The summed E-state index contributed by atoms with van der Waals surface area (Å²) in [6, 6.07) is 4.32. The number of nitrogens with one attached hydrogen (secondary N) is 1. The van der Waals surface area contributed by atoms with Crippen LogP contribution in [0.5, 0.6) is 11.6 Å². The SMILES string of the molecule is CCc1c(NC)ncnc1Oc1cc([N+](=O)[O-])ccc1Br. The van der Waals surface area contributed by atoms with E-state index in [0.29, 0.717) is 28.3 Å². The molecule has 0 atom stereocenters. The summed E-state index contributed by atoms with van der Waals surface area (Å²) in [4.78, 5) is 18.6. The summed E-state index contributed by atoms with van der Waals surface area (Å²) in [6.07, 6.45) is 2.05. The van der Waals surface area contributed by atoms with Crippen molar-refractivity contribution in [2.75, 3.05) is 12.4 Å². The Morgan fingerprint density at radius 3 is 2.81 bits per heavy atom. The van der Waals surface area contributed by atoms with Crippen molar-refractivity contribution in [3.63, 3.8) is 0 Å². The third-order valence-corrected chi connectivity index (χ3v) is 3.48. The number of non-ortho nitro benzene ring substituents is 1. The van der Waals surface area contributed by atoms with Crippen LogP contribution in [-0.2, 0) is 6.42 Å². The molecule has 1 aromatic carbocycles. The average molecular weight is 353 g/mol. The van der Waals surface area contributed by atoms with Gasteiger partial charge in [0.15, 0.2) is 5.75 Å². The number of halogens is 1. The number of anilines is 1. The standard InChI is InChI=1S/C13H13BrN4O3/c1-3-9-12(15-2)16-7-17-13(9)21-11-6-8(18(19)20)4-5-10(11)14/h4-7H,3H2,1-2H3,(H,15,16,17). The summed E-state index contributed by atoms with van der Waals surface area (Å²) in [5.41, 5.74) is 0.757. The van der Waals surface area contributed by atoms with Gasteiger partial charge in [-0.15, -0.1) is 0 Å². The third kappa shape index (κ3) is 3.27. The van der Waals surface area contributed by atoms with Crippen molar-refractivity contribution in [2.24, 2.45) is 0 Å². The molecule has 7 nitrogen and oxygen atoms in total. The Balaban J connectivity index is 2.43. The van der Waals surface area contributed by atoms with Gasteiger partial charge in [-0.25, -0.2) is 9.97 Å². The van der Waals surface area contributed by atoms with E-state index in [2.05, 4.69) is 31.2 Å². The molecule has 1 aromatic heterocycles. The molecule has 0 saturated heterocycles. The highest BCUT2D eigenvalue weighted by atomic mass is 79.9. The van der Waals surface area contributed by atoms with Gasteiger partial charge in [0.05, 0.1) is 21.0 Å². The highest BCUT2D eigenvalue weighted by molar-refractivity contribution is 9.10. The topological polar surface area (TPSA) is 90.2 Å². The van der Waals surface area contributed by atoms with Crippen LogP contribution in [-0.4, -0.2) is 21.9 Å². The van der Waals surface area contributed by atoms with Crippen LogP contribution in [0.2, 0.25) is 0 Å². The predicted molar refractivity (Wildman–Crippen MR) is 81.8 cm³/mol. The van der Waals surface area contributed by atoms with Gasteiger partial charge >= 0.3 is 0 Å². The minimum atomic E-state index is -0.473. The van der Waals surface area contributed by atoms with Crippen molar-refractivity contribution in [3.05, 3.63) is 44.7 Å². The van der Waals surface area contributed by atoms with Crippen molar-refractivity contribution in [3.8, 4) is 11.6 Å². The Morgan fingerprint density at radius 2 is 2.19 bits per heavy atom. The van der Waals surface area contributed by atoms with E-state index in [9.17, 15) is 10.1 Å². The van der Waals surface area contributed by atoms with Crippen molar-refractivity contribution >= 4 is 27.4 Å². The van der Waals surface area contributed by atoms with Crippen molar-refractivity contribution < 1.29 is 9.66 Å². The number of aromatic nitrogens is 2. The van der Waals surface area contributed by atoms with E-state index in [1.54, 1.807) is 13.1 Å². The number of hydrogen-bond donors (Lipinski definition) is 1. The molecule has 0 unspecified atom stereocenters. The summed E-state index contributed by atoms with van der Waals surface area (Å²) >= 11 is 3.31. The summed E-state index contributed by atoms with van der Waals surface area (Å²) in [5.74, 6) is 1.38. The molecule has 1 heterocycles. The lowest BCUT2D eigenvalue weighted by Gasteiger charge is -2.12. The smallest absolute Gasteiger partial charge is 0.273 e. The van der Waals surface area contributed by atoms with Crippen LogP contribution in [0.3, 0.4) is 0 Å². The van der Waals surface area contributed by atoms with Crippen LogP contribution in [0.15, 0.2) is 29.0 Å². The molecule has 21 heavy (non-hydrogen) atoms. The summed E-state index contributed by atoms with van der Waals surface area (Å²) in [5, 5.41) is 13.8. The van der Waals surface area contributed by atoms with Gasteiger partial charge in [-0.2, -0.15) is 0 Å². The maximum atomic E-state index is 10.8. The molecule has 2 aromatic rings. The number of hydrogen-bond acceptors (Lipinski definition) is 6. The normalized spacial score (nSPS) is 10.2. The Morgan fingerprint density at radius 1 is 1.43 bits per heavy atom. The van der Waals surface area contributed by atoms with Gasteiger partial charge in [0, 0.05) is 13.1 Å². The number of nitro groups is 1. The van der Waals surface area contributed by atoms with Crippen LogP contribution in [0.4, 0.5) is 11.5 Å². The summed E-state index contributed by atoms with van der Waals surface area (Å²) in [6.45, 7) is 1.95. The predicted octanol–water partition coefficient (Wildman–Crippen LogP) is 3.54. The van der Waals surface area contributed by atoms with E-state index in [0.717, 1.165) is 5.56 Å². The first-order valence-electron chi connectivity index (χ1n) is 6.20. The minimum Gasteiger partial charge on any atom is -0.437 e. The molecule has 1 N–H and O–H groups in total. The van der Waals surface area contributed by atoms with Gasteiger partial charge in [0.2, 0.25) is 5.88 Å². The van der Waals surface area contributed by atoms with Crippen molar-refractivity contribution in [1.29, 1.82) is 0 Å². The molecule has 0 amide bonds. The molecule has 0 aliphatic carbocycles. The number of nitrogens with zero attached hydrogens (tertiary/aromatic N) is 3. The van der Waals surface area contributed by atoms with Crippen LogP contribution < -0.4 is 10.1 Å². The number of benzene rings is 1. The van der Waals surface area contributed by atoms with Crippen LogP contribution >= 0.6 is 15.9 Å². The molecule has 0 saturated carbocycles. The monoisotopic (exact) mass is 352 g/mol. The zero-order valence-electron chi connectivity index (χ0n) is 11.5. The molecule has 0 radical (unpaired) electrons. The van der Waals surface area contributed by atoms with Gasteiger partial charge in [0.1, 0.15) is 12.1 Å². The maximum absolute atomic E-state index is 10.8. The van der Waals surface area contributed by atoms with Crippen molar-refractivity contribution in [1.82, 2.24) is 9.97 Å². The first-order chi connectivity index (χ1) is 10.1. The molecule has 0 spiro atoms. The first-order valence-corrected chi connectivity index (χ1v) is 6.99. The fraction of sp³-hybridized carbons (Fsp3) is 0.231. The minimum absolute atomic E-state index is 0.0471. The Kier molecular flexibility index (Phi) is 4.69. The second-order valence-corrected chi connectivity index (χ2v) is 4.94. The molecule has 110 valence electrons. The largest absolute Gasteiger partial charge is 0.437 e. The summed E-state index contributed by atoms with van der Waals surface area (Å²) in [7, 11) is 1.76. The molecular formula is C13H13BrN4O3. The van der Waals surface area contributed by atoms with Gasteiger partial charge in [-0.05, 0) is 28.4 Å². The number of rotatable bonds is 5. The molecule has 0 aliphatic rings. The highest BCUT2D eigenvalue weighted by Crippen LogP contribution is 2.34. The van der Waals surface area contributed by atoms with Crippen LogP contribution in [0.1, 0.15) is 12.5 Å². The lowest BCUT2D eigenvalue weighted by atomic mass is 10.2. The number of ether oxygens (including phenoxy) is 1. The highest BCUT2D eigenvalue weighted by Gasteiger charge is 2.15. The molecule has 0 aliphatic heterocycles. The Hall–Kier alpha value is -2.22. The van der Waals surface area contributed by atoms with E-state index in [4.69, 9.17) is 4.74 Å². The number of nitro benzene ring substituents is 1. The molecule has 2 rings (SSSR count). The zero-order valence-corrected chi connectivity index (χ0v) is 13.0. The maximum Gasteiger partial charge on any atom is 0.273 e. The molecule has 0 fully saturated rings. The van der Waals surface area contributed by atoms with E-state index in [-0.39, 0.29) is 5.69 Å². The van der Waals surface area contributed by atoms with Gasteiger partial charge in [-0.1, -0.05) is 6.92 Å². The van der Waals surface area contributed by atoms with E-state index >= 15 is 0 Å². The van der Waals surface area contributed by atoms with E-state index < -0.39 is 4.92 Å². The van der Waals surface area contributed by atoms with Crippen LogP contribution in [0, 0.1) is 10.1 Å². The third-order valence-electron chi connectivity index (χ3n) is 2.83. The van der Waals surface area contributed by atoms with Gasteiger partial charge in [0.25, 0.3) is 5.69 Å². The van der Waals surface area contributed by atoms with E-state index in [1.165, 1.54) is 18.5 Å². The quantitative estimate of drug-likeness (QED) is 0.653. The Labute approximate surface area is 129 Å². The van der Waals surface area contributed by atoms with Gasteiger partial charge < -0.3 is 10.1 Å². The molecule has 8 heteroatoms.